The van der Waals surface area contributed by atoms with Gasteiger partial charge in [0, 0.05) is 37.3 Å². The van der Waals surface area contributed by atoms with E-state index < -0.39 is 62.8 Å². The molecule has 1 aromatic carbocycles. The second-order valence-corrected chi connectivity index (χ2v) is 12.2. The summed E-state index contributed by atoms with van der Waals surface area (Å²) >= 11 is 6.51. The Kier molecular flexibility index (Phi) is 9.15. The zero-order valence-corrected chi connectivity index (χ0v) is 27.1. The van der Waals surface area contributed by atoms with E-state index in [1.54, 1.807) is 38.7 Å². The lowest BCUT2D eigenvalue weighted by atomic mass is 10.0. The molecule has 0 spiro atoms. The average Bonchev–Trinajstić information content (AvgIpc) is 3.03. The zero-order chi connectivity index (χ0) is 36.3. The standard InChI is InChI=1S/C33H27ClF6N6O3/c1-6-20(47)45-10-9-44(13-16(45)5)29-17-11-19(34)27(21-23(35)22(33(38,39)40)24(36)25(37)30(21)48)43-31(17)46(32(49)18(29)12-41)28-15(4)7-8-42-26(28)14(2)3/h6-8,11,14,16,48H,1,9-10,13H2,2-5H3/t16-/m1/s1. The maximum Gasteiger partial charge on any atom is 0.422 e. The Morgan fingerprint density at radius 3 is 2.43 bits per heavy atom. The van der Waals surface area contributed by atoms with Gasteiger partial charge >= 0.3 is 6.18 Å². The highest BCUT2D eigenvalue weighted by Gasteiger charge is 2.43. The van der Waals surface area contributed by atoms with Gasteiger partial charge in [0.1, 0.15) is 22.8 Å². The van der Waals surface area contributed by atoms with E-state index in [1.807, 2.05) is 6.07 Å². The minimum absolute atomic E-state index is 0.00270. The van der Waals surface area contributed by atoms with Crippen LogP contribution in [0, 0.1) is 35.7 Å². The number of pyridine rings is 3. The molecule has 0 aliphatic carbocycles. The summed E-state index contributed by atoms with van der Waals surface area (Å²) in [5, 5.41) is 20.2. The molecular formula is C33H27ClF6N6O3. The number of amides is 1. The Balaban J connectivity index is 1.96. The van der Waals surface area contributed by atoms with E-state index in [9.17, 15) is 41.9 Å². The van der Waals surface area contributed by atoms with E-state index in [0.29, 0.717) is 11.3 Å². The molecule has 0 unspecified atom stereocenters. The number of alkyl halides is 3. The lowest BCUT2D eigenvalue weighted by molar-refractivity contribution is -0.142. The molecule has 49 heavy (non-hydrogen) atoms. The average molecular weight is 705 g/mol. The van der Waals surface area contributed by atoms with Crippen LogP contribution in [0.25, 0.3) is 28.0 Å². The fraction of sp³-hybridized carbons (Fsp3) is 0.303. The van der Waals surface area contributed by atoms with Crippen molar-refractivity contribution in [1.29, 1.82) is 5.26 Å². The summed E-state index contributed by atoms with van der Waals surface area (Å²) in [6.07, 6.45) is -3.10. The lowest BCUT2D eigenvalue weighted by Crippen LogP contribution is -2.54. The highest BCUT2D eigenvalue weighted by molar-refractivity contribution is 6.34. The van der Waals surface area contributed by atoms with E-state index >= 15 is 4.39 Å². The number of hydrogen-bond acceptors (Lipinski definition) is 7. The van der Waals surface area contributed by atoms with Crippen molar-refractivity contribution in [3.8, 4) is 28.8 Å². The van der Waals surface area contributed by atoms with Crippen LogP contribution in [-0.4, -0.2) is 56.1 Å². The van der Waals surface area contributed by atoms with E-state index in [4.69, 9.17) is 11.6 Å². The summed E-state index contributed by atoms with van der Waals surface area (Å²) in [4.78, 5) is 38.7. The molecule has 5 rings (SSSR count). The quantitative estimate of drug-likeness (QED) is 0.139. The predicted molar refractivity (Wildman–Crippen MR) is 169 cm³/mol. The molecule has 0 bridgehead atoms. The number of phenolic OH excluding ortho intramolecular Hbond substituents is 1. The van der Waals surface area contributed by atoms with Crippen LogP contribution >= 0.6 is 11.6 Å². The number of benzene rings is 1. The highest BCUT2D eigenvalue weighted by atomic mass is 35.5. The first-order valence-electron chi connectivity index (χ1n) is 14.8. The van der Waals surface area contributed by atoms with Crippen LogP contribution in [0.5, 0.6) is 5.75 Å². The summed E-state index contributed by atoms with van der Waals surface area (Å²) in [7, 11) is 0. The van der Waals surface area contributed by atoms with Gasteiger partial charge in [-0.25, -0.2) is 13.8 Å². The normalized spacial score (nSPS) is 15.2. The smallest absolute Gasteiger partial charge is 0.422 e. The van der Waals surface area contributed by atoms with E-state index in [1.165, 1.54) is 11.1 Å². The van der Waals surface area contributed by atoms with Crippen molar-refractivity contribution in [2.75, 3.05) is 24.5 Å². The number of nitrogens with zero attached hydrogens (tertiary/aromatic N) is 6. The number of fused-ring (bicyclic) bond motifs is 1. The van der Waals surface area contributed by atoms with Gasteiger partial charge in [-0.2, -0.15) is 22.8 Å². The second-order valence-electron chi connectivity index (χ2n) is 11.8. The number of aromatic hydroxyl groups is 1. The molecule has 1 aliphatic heterocycles. The molecule has 9 nitrogen and oxygen atoms in total. The molecule has 4 heterocycles. The number of rotatable bonds is 5. The van der Waals surface area contributed by atoms with Crippen molar-refractivity contribution in [3.05, 3.63) is 86.2 Å². The second kappa shape index (κ2) is 12.7. The molecule has 0 radical (unpaired) electrons. The minimum atomic E-state index is -5.73. The van der Waals surface area contributed by atoms with Gasteiger partial charge in [0.05, 0.1) is 33.3 Å². The first-order chi connectivity index (χ1) is 23.0. The van der Waals surface area contributed by atoms with E-state index in [0.717, 1.165) is 16.7 Å². The molecule has 0 saturated carbocycles. The third-order valence-corrected chi connectivity index (χ3v) is 8.62. The molecule has 3 aromatic heterocycles. The molecule has 16 heteroatoms. The maximum atomic E-state index is 15.6. The Morgan fingerprint density at radius 1 is 1.18 bits per heavy atom. The van der Waals surface area contributed by atoms with Crippen molar-refractivity contribution in [3.63, 3.8) is 0 Å². The number of hydrogen-bond donors (Lipinski definition) is 1. The Morgan fingerprint density at radius 2 is 1.86 bits per heavy atom. The monoisotopic (exact) mass is 704 g/mol. The van der Waals surface area contributed by atoms with Gasteiger partial charge in [0.2, 0.25) is 11.7 Å². The van der Waals surface area contributed by atoms with Crippen molar-refractivity contribution in [1.82, 2.24) is 19.4 Å². The maximum absolute atomic E-state index is 15.6. The number of aromatic nitrogens is 3. The molecule has 1 amide bonds. The third kappa shape index (κ3) is 5.73. The van der Waals surface area contributed by atoms with Gasteiger partial charge in [0.15, 0.2) is 17.4 Å². The number of halogens is 7. The minimum Gasteiger partial charge on any atom is -0.504 e. The molecular weight excluding hydrogens is 678 g/mol. The molecule has 1 N–H and O–H groups in total. The van der Waals surface area contributed by atoms with Crippen LogP contribution < -0.4 is 10.5 Å². The number of carbonyl (C=O) groups excluding carboxylic acids is 1. The van der Waals surface area contributed by atoms with Crippen LogP contribution in [0.15, 0.2) is 35.8 Å². The number of carbonyl (C=O) groups is 1. The van der Waals surface area contributed by atoms with Gasteiger partial charge in [-0.05, 0) is 43.5 Å². The molecule has 256 valence electrons. The van der Waals surface area contributed by atoms with Crippen LogP contribution in [-0.2, 0) is 11.0 Å². The van der Waals surface area contributed by atoms with Gasteiger partial charge in [-0.1, -0.05) is 32.0 Å². The van der Waals surface area contributed by atoms with Crippen LogP contribution in [0.4, 0.5) is 32.0 Å². The number of piperazine rings is 1. The van der Waals surface area contributed by atoms with Crippen LogP contribution in [0.1, 0.15) is 49.1 Å². The van der Waals surface area contributed by atoms with Gasteiger partial charge < -0.3 is 14.9 Å². The molecule has 1 fully saturated rings. The SMILES string of the molecule is C=CC(=O)N1CCN(c2c(C#N)c(=O)n(-c3c(C)ccnc3C(C)C)c3nc(-c4c(O)c(F)c(F)c(C(F)(F)F)c4F)c(Cl)cc23)C[C@H]1C. The van der Waals surface area contributed by atoms with E-state index in [2.05, 4.69) is 16.5 Å². The number of nitriles is 1. The Bertz CT molecular complexity index is 2160. The fourth-order valence-electron chi connectivity index (χ4n) is 6.08. The van der Waals surface area contributed by atoms with Crippen molar-refractivity contribution >= 4 is 34.2 Å². The fourth-order valence-corrected chi connectivity index (χ4v) is 6.33. The topological polar surface area (TPSA) is 115 Å². The summed E-state index contributed by atoms with van der Waals surface area (Å²) in [5.74, 6) is -9.97. The predicted octanol–water partition coefficient (Wildman–Crippen LogP) is 6.77. The molecule has 1 saturated heterocycles. The lowest BCUT2D eigenvalue weighted by Gasteiger charge is -2.41. The molecule has 1 aliphatic rings. The van der Waals surface area contributed by atoms with Crippen molar-refractivity contribution < 1.29 is 36.2 Å². The Labute approximate surface area is 280 Å². The number of phenols is 1. The third-order valence-electron chi connectivity index (χ3n) is 8.33. The van der Waals surface area contributed by atoms with Crippen molar-refractivity contribution in [2.24, 2.45) is 0 Å². The summed E-state index contributed by atoms with van der Waals surface area (Å²) < 4.78 is 86.9. The first kappa shape index (κ1) is 35.2. The highest BCUT2D eigenvalue weighted by Crippen LogP contribution is 2.46. The van der Waals surface area contributed by atoms with Gasteiger partial charge in [0.25, 0.3) is 5.56 Å². The molecule has 4 aromatic rings. The van der Waals surface area contributed by atoms with Gasteiger partial charge in [-0.15, -0.1) is 0 Å². The number of aryl methyl sites for hydroxylation is 1. The summed E-state index contributed by atoms with van der Waals surface area (Å²) in [5.41, 5.74) is -5.79. The van der Waals surface area contributed by atoms with Crippen LogP contribution in [0.3, 0.4) is 0 Å². The summed E-state index contributed by atoms with van der Waals surface area (Å²) in [6, 6.07) is 4.13. The Hall–Kier alpha value is -5.10. The van der Waals surface area contributed by atoms with Crippen molar-refractivity contribution in [2.45, 2.75) is 45.8 Å². The number of anilines is 1. The van der Waals surface area contributed by atoms with Gasteiger partial charge in [-0.3, -0.25) is 19.1 Å². The molecule has 1 atom stereocenters. The van der Waals surface area contributed by atoms with Crippen LogP contribution in [0.2, 0.25) is 5.02 Å². The zero-order valence-electron chi connectivity index (χ0n) is 26.4. The largest absolute Gasteiger partial charge is 0.504 e. The summed E-state index contributed by atoms with van der Waals surface area (Å²) in [6.45, 7) is 10.8. The van der Waals surface area contributed by atoms with E-state index in [-0.39, 0.29) is 59.4 Å². The first-order valence-corrected chi connectivity index (χ1v) is 15.1.